The van der Waals surface area contributed by atoms with Crippen molar-refractivity contribution in [2.45, 2.75) is 45.8 Å². The maximum Gasteiger partial charge on any atom is 0.416 e. The van der Waals surface area contributed by atoms with E-state index < -0.39 is 28.0 Å². The first kappa shape index (κ1) is 21.8. The second-order valence-corrected chi connectivity index (χ2v) is 8.87. The van der Waals surface area contributed by atoms with Gasteiger partial charge in [0.1, 0.15) is 0 Å². The van der Waals surface area contributed by atoms with Gasteiger partial charge < -0.3 is 4.90 Å². The highest BCUT2D eigenvalue weighted by Gasteiger charge is 2.44. The molecule has 32 heavy (non-hydrogen) atoms. The van der Waals surface area contributed by atoms with Gasteiger partial charge in [0.25, 0.3) is 5.70 Å². The van der Waals surface area contributed by atoms with E-state index in [1.54, 1.807) is 4.90 Å². The Balaban J connectivity index is 2.06. The van der Waals surface area contributed by atoms with Crippen LogP contribution < -0.4 is 0 Å². The van der Waals surface area contributed by atoms with Gasteiger partial charge in [-0.2, -0.15) is 13.2 Å². The number of carbonyl (C=O) groups excluding carboxylic acids is 1. The molecule has 5 nitrogen and oxygen atoms in total. The lowest BCUT2D eigenvalue weighted by Crippen LogP contribution is -2.48. The molecular formula is C24H21F3N2O3. The molecule has 0 unspecified atom stereocenters. The summed E-state index contributed by atoms with van der Waals surface area (Å²) in [6.45, 7) is 7.61. The van der Waals surface area contributed by atoms with Gasteiger partial charge in [-0.1, -0.05) is 6.07 Å². The molecule has 0 atom stereocenters. The Bertz CT molecular complexity index is 1230. The molecule has 166 valence electrons. The third-order valence-corrected chi connectivity index (χ3v) is 6.07. The molecule has 1 aromatic carbocycles. The fraction of sp³-hybridized carbons (Fsp3) is 0.292. The minimum absolute atomic E-state index is 0.0115. The molecule has 0 spiro atoms. The topological polar surface area (TPSA) is 63.5 Å². The van der Waals surface area contributed by atoms with Crippen LogP contribution in [0, 0.1) is 24.0 Å². The Morgan fingerprint density at radius 2 is 1.72 bits per heavy atom. The van der Waals surface area contributed by atoms with Gasteiger partial charge in [-0.15, -0.1) is 0 Å². The van der Waals surface area contributed by atoms with Crippen molar-refractivity contribution < 1.29 is 22.9 Å². The lowest BCUT2D eigenvalue weighted by atomic mass is 9.79. The zero-order valence-electron chi connectivity index (χ0n) is 18.0. The highest BCUT2D eigenvalue weighted by Crippen LogP contribution is 2.47. The van der Waals surface area contributed by atoms with E-state index in [0.717, 1.165) is 47.1 Å². The molecule has 0 saturated carbocycles. The monoisotopic (exact) mass is 442 g/mol. The molecule has 0 radical (unpaired) electrons. The largest absolute Gasteiger partial charge is 0.416 e. The minimum Gasteiger partial charge on any atom is -0.334 e. The molecule has 0 bridgehead atoms. The smallest absolute Gasteiger partial charge is 0.334 e. The van der Waals surface area contributed by atoms with E-state index in [1.807, 2.05) is 39.8 Å². The predicted molar refractivity (Wildman–Crippen MR) is 114 cm³/mol. The summed E-state index contributed by atoms with van der Waals surface area (Å²) in [5.41, 5.74) is 1.83. The van der Waals surface area contributed by atoms with E-state index in [9.17, 15) is 28.1 Å². The van der Waals surface area contributed by atoms with Gasteiger partial charge in [-0.25, -0.2) is 0 Å². The summed E-state index contributed by atoms with van der Waals surface area (Å²) in [5, 5.41) is 11.3. The van der Waals surface area contributed by atoms with E-state index >= 15 is 0 Å². The Labute approximate surface area is 183 Å². The molecule has 0 fully saturated rings. The van der Waals surface area contributed by atoms with Gasteiger partial charge in [-0.05, 0) is 75.1 Å². The average molecular weight is 442 g/mol. The van der Waals surface area contributed by atoms with Crippen LogP contribution in [0.15, 0.2) is 65.1 Å². The Hall–Kier alpha value is -3.42. The summed E-state index contributed by atoms with van der Waals surface area (Å²) in [4.78, 5) is 25.0. The van der Waals surface area contributed by atoms with Crippen molar-refractivity contribution in [2.75, 3.05) is 0 Å². The number of allylic oxidation sites excluding steroid dienone is 7. The Morgan fingerprint density at radius 3 is 2.34 bits per heavy atom. The van der Waals surface area contributed by atoms with Crippen molar-refractivity contribution in [3.8, 4) is 0 Å². The molecular weight excluding hydrogens is 421 g/mol. The molecule has 0 aromatic heterocycles. The van der Waals surface area contributed by atoms with Crippen LogP contribution in [0.5, 0.6) is 0 Å². The first-order chi connectivity index (χ1) is 14.8. The number of fused-ring (bicyclic) bond motifs is 3. The first-order valence-corrected chi connectivity index (χ1v) is 10.0. The fourth-order valence-corrected chi connectivity index (χ4v) is 4.44. The van der Waals surface area contributed by atoms with Crippen molar-refractivity contribution in [2.24, 2.45) is 0 Å². The van der Waals surface area contributed by atoms with Gasteiger partial charge in [-0.3, -0.25) is 14.9 Å². The van der Waals surface area contributed by atoms with Gasteiger partial charge >= 0.3 is 6.18 Å². The molecule has 0 N–H and O–H groups in total. The third-order valence-electron chi connectivity index (χ3n) is 6.07. The average Bonchev–Trinajstić information content (AvgIpc) is 2.68. The van der Waals surface area contributed by atoms with Gasteiger partial charge in [0, 0.05) is 29.0 Å². The van der Waals surface area contributed by atoms with Crippen LogP contribution in [0.4, 0.5) is 13.2 Å². The zero-order chi connectivity index (χ0) is 23.6. The molecule has 4 rings (SSSR count). The maximum absolute atomic E-state index is 13.9. The molecule has 3 aliphatic rings. The second kappa shape index (κ2) is 7.05. The maximum atomic E-state index is 13.9. The standard InChI is InChI=1S/C24H21F3N2O3/c1-13-7-15-12-23(3,4)28-20(18(15)8-14(13)2)9-16(24(25,26)27)10-21(28)19-11-17(29(31)32)5-6-22(19)30/h5-11H,12H2,1-4H3/b21-19-. The number of hydrogen-bond donors (Lipinski definition) is 0. The molecule has 0 saturated heterocycles. The van der Waals surface area contributed by atoms with E-state index in [0.29, 0.717) is 17.7 Å². The lowest BCUT2D eigenvalue weighted by Gasteiger charge is -2.49. The fourth-order valence-electron chi connectivity index (χ4n) is 4.44. The molecule has 2 aliphatic heterocycles. The highest BCUT2D eigenvalue weighted by atomic mass is 19.4. The molecule has 2 heterocycles. The number of nitro groups is 1. The molecule has 0 amide bonds. The molecule has 1 aromatic rings. The van der Waals surface area contributed by atoms with Crippen LogP contribution >= 0.6 is 0 Å². The van der Waals surface area contributed by atoms with E-state index in [-0.39, 0.29) is 17.0 Å². The number of hydrogen-bond acceptors (Lipinski definition) is 4. The number of aryl methyl sites for hydroxylation is 2. The van der Waals surface area contributed by atoms with E-state index in [2.05, 4.69) is 0 Å². The summed E-state index contributed by atoms with van der Waals surface area (Å²) in [6, 6.07) is 3.85. The van der Waals surface area contributed by atoms with Crippen LogP contribution in [-0.2, 0) is 11.2 Å². The van der Waals surface area contributed by atoms with Crippen LogP contribution in [0.2, 0.25) is 0 Å². The molecule has 1 aliphatic carbocycles. The summed E-state index contributed by atoms with van der Waals surface area (Å²) in [6.07, 6.45) is 1.02. The predicted octanol–water partition coefficient (Wildman–Crippen LogP) is 5.34. The van der Waals surface area contributed by atoms with Gasteiger partial charge in [0.15, 0.2) is 5.78 Å². The summed E-state index contributed by atoms with van der Waals surface area (Å²) >= 11 is 0. The number of halogens is 3. The van der Waals surface area contributed by atoms with E-state index in [1.165, 1.54) is 0 Å². The highest BCUT2D eigenvalue weighted by molar-refractivity contribution is 6.08. The summed E-state index contributed by atoms with van der Waals surface area (Å²) in [7, 11) is 0. The summed E-state index contributed by atoms with van der Waals surface area (Å²) < 4.78 is 41.6. The Kier molecular flexibility index (Phi) is 4.80. The van der Waals surface area contributed by atoms with Gasteiger partial charge in [0.05, 0.1) is 21.8 Å². The van der Waals surface area contributed by atoms with Crippen molar-refractivity contribution in [1.82, 2.24) is 4.90 Å². The number of rotatable bonds is 1. The number of nitrogens with zero attached hydrogens (tertiary/aromatic N) is 2. The zero-order valence-corrected chi connectivity index (χ0v) is 18.0. The number of benzene rings is 1. The quantitative estimate of drug-likeness (QED) is 0.335. The number of alkyl halides is 3. The van der Waals surface area contributed by atoms with E-state index in [4.69, 9.17) is 0 Å². The number of carbonyl (C=O) groups is 1. The van der Waals surface area contributed by atoms with Crippen LogP contribution in [0.1, 0.15) is 36.1 Å². The van der Waals surface area contributed by atoms with Crippen molar-refractivity contribution in [3.63, 3.8) is 0 Å². The third kappa shape index (κ3) is 3.49. The van der Waals surface area contributed by atoms with Crippen molar-refractivity contribution >= 4 is 11.5 Å². The van der Waals surface area contributed by atoms with Gasteiger partial charge in [0.2, 0.25) is 0 Å². The number of ketones is 1. The minimum atomic E-state index is -4.66. The van der Waals surface area contributed by atoms with Crippen LogP contribution in [0.25, 0.3) is 5.70 Å². The lowest BCUT2D eigenvalue weighted by molar-refractivity contribution is -0.419. The van der Waals surface area contributed by atoms with Crippen LogP contribution in [0.3, 0.4) is 0 Å². The normalized spacial score (nSPS) is 22.0. The Morgan fingerprint density at radius 1 is 1.06 bits per heavy atom. The summed E-state index contributed by atoms with van der Waals surface area (Å²) in [5.74, 6) is -0.577. The first-order valence-electron chi connectivity index (χ1n) is 10.0. The van der Waals surface area contributed by atoms with Crippen molar-refractivity contribution in [3.05, 3.63) is 97.4 Å². The SMILES string of the molecule is Cc1cc2c(cc1C)C1=CC(C(F)(F)F)=C/C(=C3\C=C([N+](=O)[O-])C=CC3=O)N1C(C)(C)C2. The molecule has 8 heteroatoms. The van der Waals surface area contributed by atoms with Crippen LogP contribution in [-0.4, -0.2) is 27.3 Å². The second-order valence-electron chi connectivity index (χ2n) is 8.87. The van der Waals surface area contributed by atoms with Crippen molar-refractivity contribution in [1.29, 1.82) is 0 Å².